The number of benzene rings is 2. The van der Waals surface area contributed by atoms with Crippen molar-refractivity contribution in [3.8, 4) is 11.5 Å². The van der Waals surface area contributed by atoms with Crippen molar-refractivity contribution < 1.29 is 23.8 Å². The van der Waals surface area contributed by atoms with Gasteiger partial charge in [0.2, 0.25) is 5.91 Å². The van der Waals surface area contributed by atoms with Crippen LogP contribution >= 0.6 is 0 Å². The molecule has 0 aliphatic heterocycles. The second-order valence-corrected chi connectivity index (χ2v) is 9.24. The average molecular weight is 471 g/mol. The molecule has 0 spiro atoms. The zero-order chi connectivity index (χ0) is 25.1. The number of amides is 2. The maximum Gasteiger partial charge on any atom is 0.408 e. The van der Waals surface area contributed by atoms with Gasteiger partial charge in [0.05, 0.1) is 14.2 Å². The molecule has 2 amide bonds. The molecule has 0 aliphatic rings. The van der Waals surface area contributed by atoms with Crippen LogP contribution in [0.5, 0.6) is 11.5 Å². The van der Waals surface area contributed by atoms with Crippen LogP contribution in [0.25, 0.3) is 0 Å². The minimum atomic E-state index is -0.689. The summed E-state index contributed by atoms with van der Waals surface area (Å²) < 4.78 is 16.1. The van der Waals surface area contributed by atoms with Crippen molar-refractivity contribution in [1.29, 1.82) is 0 Å². The molecule has 0 heterocycles. The largest absolute Gasteiger partial charge is 0.497 e. The molecule has 2 aromatic rings. The Bertz CT molecular complexity index is 889. The molecule has 7 heteroatoms. The lowest BCUT2D eigenvalue weighted by molar-refractivity contribution is -0.135. The molecule has 0 radical (unpaired) electrons. The predicted octanol–water partition coefficient (Wildman–Crippen LogP) is 5.32. The quantitative estimate of drug-likeness (QED) is 0.481. The van der Waals surface area contributed by atoms with Gasteiger partial charge in [0, 0.05) is 13.1 Å². The first-order valence-electron chi connectivity index (χ1n) is 11.7. The Balaban J connectivity index is 2.32. The summed E-state index contributed by atoms with van der Waals surface area (Å²) in [5, 5.41) is 2.80. The minimum Gasteiger partial charge on any atom is -0.497 e. The van der Waals surface area contributed by atoms with Gasteiger partial charge in [-0.1, -0.05) is 44.0 Å². The number of unbranched alkanes of at least 4 members (excludes halogenated alkanes) is 1. The Labute approximate surface area is 203 Å². The molecule has 186 valence electrons. The maximum absolute atomic E-state index is 13.8. The van der Waals surface area contributed by atoms with Crippen molar-refractivity contribution in [1.82, 2.24) is 10.2 Å². The standard InChI is InChI=1S/C27H38N2O5/c1-7-8-15-24(28-26(31)34-27(2,3)4)25(30)29(18-20-11-9-13-22(16-20)32-5)19-21-12-10-14-23(17-21)33-6/h9-14,16-17,24H,7-8,15,18-19H2,1-6H3,(H,28,31)/t24-/m1/s1. The number of methoxy groups -OCH3 is 2. The predicted molar refractivity (Wildman–Crippen MR) is 133 cm³/mol. The summed E-state index contributed by atoms with van der Waals surface area (Å²) in [5.74, 6) is 1.28. The van der Waals surface area contributed by atoms with Gasteiger partial charge in [-0.2, -0.15) is 0 Å². The first-order valence-corrected chi connectivity index (χ1v) is 11.7. The van der Waals surface area contributed by atoms with Gasteiger partial charge in [-0.15, -0.1) is 0 Å². The molecule has 0 aliphatic carbocycles. The van der Waals surface area contributed by atoms with Gasteiger partial charge in [-0.3, -0.25) is 4.79 Å². The number of ether oxygens (including phenoxy) is 3. The lowest BCUT2D eigenvalue weighted by Gasteiger charge is -2.29. The summed E-state index contributed by atoms with van der Waals surface area (Å²) in [7, 11) is 3.23. The number of carbonyl (C=O) groups excluding carboxylic acids is 2. The fraction of sp³-hybridized carbons (Fsp3) is 0.481. The van der Waals surface area contributed by atoms with Crippen LogP contribution in [-0.2, 0) is 22.6 Å². The van der Waals surface area contributed by atoms with E-state index in [1.54, 1.807) is 39.9 Å². The summed E-state index contributed by atoms with van der Waals surface area (Å²) >= 11 is 0. The fourth-order valence-corrected chi connectivity index (χ4v) is 3.53. The normalized spacial score (nSPS) is 11.9. The number of carbonyl (C=O) groups is 2. The topological polar surface area (TPSA) is 77.1 Å². The van der Waals surface area contributed by atoms with Crippen molar-refractivity contribution in [3.63, 3.8) is 0 Å². The molecule has 7 nitrogen and oxygen atoms in total. The lowest BCUT2D eigenvalue weighted by atomic mass is 10.1. The second kappa shape index (κ2) is 12.9. The third-order valence-corrected chi connectivity index (χ3v) is 5.16. The van der Waals surface area contributed by atoms with Gasteiger partial charge in [0.1, 0.15) is 23.1 Å². The van der Waals surface area contributed by atoms with Gasteiger partial charge in [-0.05, 0) is 62.6 Å². The van der Waals surface area contributed by atoms with E-state index in [0.717, 1.165) is 35.5 Å². The smallest absolute Gasteiger partial charge is 0.408 e. The zero-order valence-electron chi connectivity index (χ0n) is 21.2. The third kappa shape index (κ3) is 8.96. The van der Waals surface area contributed by atoms with Gasteiger partial charge < -0.3 is 24.4 Å². The second-order valence-electron chi connectivity index (χ2n) is 9.24. The molecule has 0 saturated carbocycles. The first-order chi connectivity index (χ1) is 16.1. The fourth-order valence-electron chi connectivity index (χ4n) is 3.53. The van der Waals surface area contributed by atoms with E-state index in [2.05, 4.69) is 12.2 Å². The van der Waals surface area contributed by atoms with Crippen molar-refractivity contribution in [3.05, 3.63) is 59.7 Å². The number of nitrogens with one attached hydrogen (secondary N) is 1. The van der Waals surface area contributed by atoms with E-state index in [1.165, 1.54) is 0 Å². The number of rotatable bonds is 11. The highest BCUT2D eigenvalue weighted by molar-refractivity contribution is 5.85. The molecular formula is C27H38N2O5. The summed E-state index contributed by atoms with van der Waals surface area (Å²) in [5.41, 5.74) is 1.22. The third-order valence-electron chi connectivity index (χ3n) is 5.16. The highest BCUT2D eigenvalue weighted by Gasteiger charge is 2.28. The molecule has 0 fully saturated rings. The zero-order valence-corrected chi connectivity index (χ0v) is 21.2. The van der Waals surface area contributed by atoms with E-state index in [1.807, 2.05) is 48.5 Å². The van der Waals surface area contributed by atoms with Crippen molar-refractivity contribution >= 4 is 12.0 Å². The summed E-state index contributed by atoms with van der Waals surface area (Å²) in [6.07, 6.45) is 1.65. The van der Waals surface area contributed by atoms with E-state index in [9.17, 15) is 9.59 Å². The number of hydrogen-bond donors (Lipinski definition) is 1. The Morgan fingerprint density at radius 1 is 0.941 bits per heavy atom. The molecule has 2 rings (SSSR count). The Morgan fingerprint density at radius 2 is 1.47 bits per heavy atom. The van der Waals surface area contributed by atoms with Crippen LogP contribution in [0, 0.1) is 0 Å². The van der Waals surface area contributed by atoms with E-state index in [4.69, 9.17) is 14.2 Å². The van der Waals surface area contributed by atoms with Gasteiger partial charge in [0.25, 0.3) is 0 Å². The Morgan fingerprint density at radius 3 is 1.91 bits per heavy atom. The Kier molecular flexibility index (Phi) is 10.2. The van der Waals surface area contributed by atoms with Crippen LogP contribution < -0.4 is 14.8 Å². The minimum absolute atomic E-state index is 0.162. The average Bonchev–Trinajstić information content (AvgIpc) is 2.80. The van der Waals surface area contributed by atoms with Crippen molar-refractivity contribution in [2.24, 2.45) is 0 Å². The summed E-state index contributed by atoms with van der Waals surface area (Å²) in [4.78, 5) is 28.0. The van der Waals surface area contributed by atoms with E-state index in [0.29, 0.717) is 19.5 Å². The van der Waals surface area contributed by atoms with Crippen LogP contribution in [0.3, 0.4) is 0 Å². The van der Waals surface area contributed by atoms with Crippen LogP contribution in [0.2, 0.25) is 0 Å². The molecule has 2 aromatic carbocycles. The maximum atomic E-state index is 13.8. The van der Waals surface area contributed by atoms with E-state index in [-0.39, 0.29) is 5.91 Å². The summed E-state index contributed by atoms with van der Waals surface area (Å²) in [6.45, 7) is 8.19. The SMILES string of the molecule is CCCC[C@@H](NC(=O)OC(C)(C)C)C(=O)N(Cc1cccc(OC)c1)Cc1cccc(OC)c1. The van der Waals surface area contributed by atoms with Crippen LogP contribution in [0.1, 0.15) is 58.1 Å². The monoisotopic (exact) mass is 470 g/mol. The molecule has 0 saturated heterocycles. The molecule has 34 heavy (non-hydrogen) atoms. The van der Waals surface area contributed by atoms with Crippen molar-refractivity contribution in [2.75, 3.05) is 14.2 Å². The highest BCUT2D eigenvalue weighted by atomic mass is 16.6. The van der Waals surface area contributed by atoms with Crippen LogP contribution in [0.4, 0.5) is 4.79 Å². The first kappa shape index (κ1) is 27.0. The molecule has 1 atom stereocenters. The lowest BCUT2D eigenvalue weighted by Crippen LogP contribution is -2.49. The molecule has 0 bridgehead atoms. The number of nitrogens with zero attached hydrogens (tertiary/aromatic N) is 1. The van der Waals surface area contributed by atoms with Gasteiger partial charge in [0.15, 0.2) is 0 Å². The molecular weight excluding hydrogens is 432 g/mol. The van der Waals surface area contributed by atoms with E-state index < -0.39 is 17.7 Å². The Hall–Kier alpha value is -3.22. The molecule has 0 aromatic heterocycles. The molecule has 1 N–H and O–H groups in total. The van der Waals surface area contributed by atoms with Crippen LogP contribution in [-0.4, -0.2) is 42.8 Å². The molecule has 0 unspecified atom stereocenters. The highest BCUT2D eigenvalue weighted by Crippen LogP contribution is 2.20. The van der Waals surface area contributed by atoms with Gasteiger partial charge >= 0.3 is 6.09 Å². The van der Waals surface area contributed by atoms with Crippen molar-refractivity contribution in [2.45, 2.75) is 71.7 Å². The van der Waals surface area contributed by atoms with E-state index >= 15 is 0 Å². The summed E-state index contributed by atoms with van der Waals surface area (Å²) in [6, 6.07) is 14.6. The number of hydrogen-bond acceptors (Lipinski definition) is 5. The van der Waals surface area contributed by atoms with Gasteiger partial charge in [-0.25, -0.2) is 4.79 Å². The van der Waals surface area contributed by atoms with Crippen LogP contribution in [0.15, 0.2) is 48.5 Å². The number of alkyl carbamates (subject to hydrolysis) is 1.